The number of hydrogen-bond acceptors (Lipinski definition) is 2. The molecule has 0 bridgehead atoms. The third kappa shape index (κ3) is 7.88. The maximum atomic E-state index is 6.66. The molecule has 71 heavy (non-hydrogen) atoms. The van der Waals surface area contributed by atoms with Gasteiger partial charge in [-0.05, 0) is 77.9 Å². The number of rotatable bonds is 13. The van der Waals surface area contributed by atoms with Crippen LogP contribution in [0.2, 0.25) is 0 Å². The predicted octanol–water partition coefficient (Wildman–Crippen LogP) is 11.1. The number of hydrogen-bond donors (Lipinski definition) is 0. The monoisotopic (exact) mass is 943 g/mol. The van der Waals surface area contributed by atoms with E-state index in [0.29, 0.717) is 11.5 Å². The van der Waals surface area contributed by atoms with Gasteiger partial charge in [0.1, 0.15) is 23.0 Å². The summed E-state index contributed by atoms with van der Waals surface area (Å²) >= 11 is 0. The molecular formula is C66H49NO2Si2. The first kappa shape index (κ1) is 43.5. The standard InChI is InChI=1S/C66H49NO2Si2/c1-9-25-51(26-10-1)68-53-45-50(46-54(47-53)69-52-27-11-2-12-28-52)67-65-43-41-61(70(55-29-13-3-14-30-55,56-31-15-4-16-32-56)57-33-17-5-18-34-57)48-63(65)64-49-62(42-44-66(64)67)71(58-35-19-6-20-36-58,59-37-21-7-22-38-59)60-39-23-8-24-40-60/h1-49H. The number of fused-ring (bicyclic) bond motifs is 3. The van der Waals surface area contributed by atoms with Gasteiger partial charge in [-0.2, -0.15) is 0 Å². The number of benzene rings is 11. The van der Waals surface area contributed by atoms with Crippen LogP contribution >= 0.6 is 0 Å². The molecule has 1 aromatic heterocycles. The van der Waals surface area contributed by atoms with Gasteiger partial charge in [0.05, 0.1) is 16.7 Å². The SMILES string of the molecule is c1ccc(Oc2cc(Oc3ccccc3)cc(-n3c4ccc([Si](c5ccccc5)(c5ccccc5)c5ccccc5)cc4c4cc([Si](c5ccccc5)(c5ccccc5)c5ccccc5)ccc43)c2)cc1. The molecule has 0 N–H and O–H groups in total. The van der Waals surface area contributed by atoms with E-state index in [1.165, 1.54) is 52.3 Å². The Hall–Kier alpha value is -8.75. The first-order valence-corrected chi connectivity index (χ1v) is 28.2. The summed E-state index contributed by atoms with van der Waals surface area (Å²) in [5, 5.41) is 13.0. The van der Waals surface area contributed by atoms with Crippen LogP contribution in [0.5, 0.6) is 23.0 Å². The highest BCUT2D eigenvalue weighted by molar-refractivity contribution is 7.20. The Morgan fingerprint density at radius 3 is 0.775 bits per heavy atom. The summed E-state index contributed by atoms with van der Waals surface area (Å²) in [6.45, 7) is 0. The molecule has 0 radical (unpaired) electrons. The largest absolute Gasteiger partial charge is 0.457 e. The summed E-state index contributed by atoms with van der Waals surface area (Å²) in [6, 6.07) is 108. The van der Waals surface area contributed by atoms with E-state index in [1.54, 1.807) is 0 Å². The molecule has 0 unspecified atom stereocenters. The van der Waals surface area contributed by atoms with Crippen molar-refractivity contribution in [3.05, 3.63) is 297 Å². The fourth-order valence-electron chi connectivity index (χ4n) is 10.9. The lowest BCUT2D eigenvalue weighted by Gasteiger charge is -2.34. The van der Waals surface area contributed by atoms with Gasteiger partial charge in [0, 0.05) is 29.0 Å². The van der Waals surface area contributed by atoms with Gasteiger partial charge in [0.2, 0.25) is 0 Å². The Labute approximate surface area is 417 Å². The van der Waals surface area contributed by atoms with Crippen LogP contribution in [0, 0.1) is 0 Å². The molecule has 12 aromatic rings. The van der Waals surface area contributed by atoms with Gasteiger partial charge in [0.15, 0.2) is 16.1 Å². The molecule has 338 valence electrons. The number of nitrogens with zero attached hydrogens (tertiary/aromatic N) is 1. The van der Waals surface area contributed by atoms with Crippen molar-refractivity contribution < 1.29 is 9.47 Å². The molecule has 0 aliphatic carbocycles. The average Bonchev–Trinajstić information content (AvgIpc) is 3.77. The minimum atomic E-state index is -2.93. The van der Waals surface area contributed by atoms with E-state index in [-0.39, 0.29) is 0 Å². The first-order valence-electron chi connectivity index (χ1n) is 24.2. The van der Waals surface area contributed by atoms with Gasteiger partial charge in [-0.15, -0.1) is 0 Å². The number of ether oxygens (including phenoxy) is 2. The molecule has 0 spiro atoms. The smallest absolute Gasteiger partial charge is 0.179 e. The van der Waals surface area contributed by atoms with Gasteiger partial charge in [-0.3, -0.25) is 0 Å². The zero-order chi connectivity index (χ0) is 47.5. The predicted molar refractivity (Wildman–Crippen MR) is 301 cm³/mol. The maximum Gasteiger partial charge on any atom is 0.179 e. The molecule has 0 saturated carbocycles. The Bertz CT molecular complexity index is 3290. The molecule has 0 saturated heterocycles. The molecule has 1 heterocycles. The molecular weight excluding hydrogens is 895 g/mol. The maximum absolute atomic E-state index is 6.66. The highest BCUT2D eigenvalue weighted by Gasteiger charge is 2.43. The first-order chi connectivity index (χ1) is 35.2. The fraction of sp³-hybridized carbons (Fsp3) is 0. The second kappa shape index (κ2) is 19.0. The van der Waals surface area contributed by atoms with Gasteiger partial charge < -0.3 is 14.0 Å². The van der Waals surface area contributed by atoms with Gasteiger partial charge in [-0.1, -0.05) is 243 Å². The van der Waals surface area contributed by atoms with Crippen LogP contribution in [0.25, 0.3) is 27.5 Å². The summed E-state index contributed by atoms with van der Waals surface area (Å²) in [5.74, 6) is 2.85. The topological polar surface area (TPSA) is 23.4 Å². The van der Waals surface area contributed by atoms with Crippen molar-refractivity contribution in [3.63, 3.8) is 0 Å². The van der Waals surface area contributed by atoms with E-state index in [9.17, 15) is 0 Å². The van der Waals surface area contributed by atoms with Gasteiger partial charge in [-0.25, -0.2) is 0 Å². The fourth-order valence-corrected chi connectivity index (χ4v) is 20.5. The molecule has 12 rings (SSSR count). The van der Waals surface area contributed by atoms with Crippen molar-refractivity contribution in [2.75, 3.05) is 0 Å². The summed E-state index contributed by atoms with van der Waals surface area (Å²) in [6.07, 6.45) is 0. The van der Waals surface area contributed by atoms with E-state index in [4.69, 9.17) is 9.47 Å². The van der Waals surface area contributed by atoms with Crippen LogP contribution in [0.15, 0.2) is 297 Å². The zero-order valence-electron chi connectivity index (χ0n) is 39.1. The van der Waals surface area contributed by atoms with Crippen LogP contribution in [-0.2, 0) is 0 Å². The van der Waals surface area contributed by atoms with Gasteiger partial charge >= 0.3 is 0 Å². The third-order valence-electron chi connectivity index (χ3n) is 14.0. The molecule has 0 amide bonds. The van der Waals surface area contributed by atoms with Crippen LogP contribution in [0.3, 0.4) is 0 Å². The molecule has 0 aliphatic heterocycles. The van der Waals surface area contributed by atoms with E-state index in [2.05, 4.69) is 235 Å². The van der Waals surface area contributed by atoms with Crippen molar-refractivity contribution in [3.8, 4) is 28.7 Å². The number of aromatic nitrogens is 1. The van der Waals surface area contributed by atoms with Crippen LogP contribution in [-0.4, -0.2) is 20.7 Å². The summed E-state index contributed by atoms with van der Waals surface area (Å²) in [4.78, 5) is 0. The zero-order valence-corrected chi connectivity index (χ0v) is 41.1. The Kier molecular flexibility index (Phi) is 11.6. The van der Waals surface area contributed by atoms with Crippen LogP contribution in [0.4, 0.5) is 0 Å². The summed E-state index contributed by atoms with van der Waals surface area (Å²) < 4.78 is 15.7. The Morgan fingerprint density at radius 2 is 0.493 bits per heavy atom. The minimum Gasteiger partial charge on any atom is -0.457 e. The molecule has 3 nitrogen and oxygen atoms in total. The summed E-state index contributed by atoms with van der Waals surface area (Å²) in [7, 11) is -5.86. The highest BCUT2D eigenvalue weighted by atomic mass is 28.3. The quantitative estimate of drug-likeness (QED) is 0.0849. The second-order valence-electron chi connectivity index (χ2n) is 18.0. The van der Waals surface area contributed by atoms with E-state index in [0.717, 1.165) is 28.2 Å². The van der Waals surface area contributed by atoms with Crippen LogP contribution < -0.4 is 51.0 Å². The molecule has 5 heteroatoms. The third-order valence-corrected chi connectivity index (χ3v) is 23.5. The van der Waals surface area contributed by atoms with Crippen LogP contribution in [0.1, 0.15) is 0 Å². The van der Waals surface area contributed by atoms with E-state index in [1.807, 2.05) is 66.7 Å². The Balaban J connectivity index is 1.19. The summed E-state index contributed by atoms with van der Waals surface area (Å²) in [5.41, 5.74) is 3.11. The van der Waals surface area contributed by atoms with Crippen molar-refractivity contribution >= 4 is 79.4 Å². The Morgan fingerprint density at radius 1 is 0.225 bits per heavy atom. The van der Waals surface area contributed by atoms with E-state index >= 15 is 0 Å². The molecule has 0 fully saturated rings. The van der Waals surface area contributed by atoms with Gasteiger partial charge in [0.25, 0.3) is 0 Å². The molecule has 0 aliphatic rings. The molecule has 0 atom stereocenters. The lowest BCUT2D eigenvalue weighted by Crippen LogP contribution is -2.74. The van der Waals surface area contributed by atoms with Crippen molar-refractivity contribution in [2.24, 2.45) is 0 Å². The van der Waals surface area contributed by atoms with Crippen molar-refractivity contribution in [1.29, 1.82) is 0 Å². The average molecular weight is 944 g/mol. The lowest BCUT2D eigenvalue weighted by molar-refractivity contribution is 0.460. The number of para-hydroxylation sites is 2. The second-order valence-corrected chi connectivity index (χ2v) is 25.6. The normalized spacial score (nSPS) is 11.7. The minimum absolute atomic E-state index is 0.676. The van der Waals surface area contributed by atoms with Crippen molar-refractivity contribution in [1.82, 2.24) is 4.57 Å². The lowest BCUT2D eigenvalue weighted by atomic mass is 10.1. The molecule has 11 aromatic carbocycles. The van der Waals surface area contributed by atoms with E-state index < -0.39 is 16.1 Å². The van der Waals surface area contributed by atoms with Crippen molar-refractivity contribution in [2.45, 2.75) is 0 Å². The highest BCUT2D eigenvalue weighted by Crippen LogP contribution is 2.37.